The average molecular weight is 258 g/mol. The molecule has 0 aliphatic carbocycles. The van der Waals surface area contributed by atoms with Crippen molar-refractivity contribution in [3.63, 3.8) is 0 Å². The maximum Gasteiger partial charge on any atom is 0.0556 e. The number of aliphatic hydroxyl groups is 1. The minimum Gasteiger partial charge on any atom is -0.395 e. The van der Waals surface area contributed by atoms with Gasteiger partial charge in [0.2, 0.25) is 0 Å². The van der Waals surface area contributed by atoms with Gasteiger partial charge in [0.15, 0.2) is 0 Å². The lowest BCUT2D eigenvalue weighted by Gasteiger charge is -2.16. The number of halogens is 1. The third-order valence-electron chi connectivity index (χ3n) is 2.18. The Balaban J connectivity index is 2.64. The molecule has 1 aromatic rings. The highest BCUT2D eigenvalue weighted by molar-refractivity contribution is 9.10. The fraction of sp³-hybridized carbons (Fsp3) is 0.455. The number of aliphatic hydroxyl groups excluding tert-OH is 1. The molecule has 3 heteroatoms. The minimum absolute atomic E-state index is 0.188. The van der Waals surface area contributed by atoms with Crippen LogP contribution in [-0.2, 0) is 0 Å². The van der Waals surface area contributed by atoms with Gasteiger partial charge in [0.1, 0.15) is 0 Å². The molecule has 0 bridgehead atoms. The van der Waals surface area contributed by atoms with Gasteiger partial charge < -0.3 is 10.4 Å². The Bertz CT molecular complexity index is 260. The molecule has 0 saturated heterocycles. The fourth-order valence-corrected chi connectivity index (χ4v) is 1.70. The highest BCUT2D eigenvalue weighted by Gasteiger charge is 2.06. The SMILES string of the molecule is CC[C@H](NCCO)c1ccc(Br)cc1. The van der Waals surface area contributed by atoms with Crippen LogP contribution >= 0.6 is 15.9 Å². The summed E-state index contributed by atoms with van der Waals surface area (Å²) in [6, 6.07) is 8.62. The van der Waals surface area contributed by atoms with Gasteiger partial charge in [0, 0.05) is 17.1 Å². The van der Waals surface area contributed by atoms with Gasteiger partial charge in [-0.3, -0.25) is 0 Å². The fourth-order valence-electron chi connectivity index (χ4n) is 1.43. The molecule has 2 nitrogen and oxygen atoms in total. The van der Waals surface area contributed by atoms with Crippen LogP contribution in [0.15, 0.2) is 28.7 Å². The van der Waals surface area contributed by atoms with E-state index in [-0.39, 0.29) is 6.61 Å². The number of benzene rings is 1. The van der Waals surface area contributed by atoms with Gasteiger partial charge >= 0.3 is 0 Å². The summed E-state index contributed by atoms with van der Waals surface area (Å²) in [6.07, 6.45) is 1.03. The molecular formula is C11H16BrNO. The van der Waals surface area contributed by atoms with Crippen LogP contribution in [0.5, 0.6) is 0 Å². The van der Waals surface area contributed by atoms with Crippen molar-refractivity contribution in [2.24, 2.45) is 0 Å². The molecule has 0 aliphatic rings. The van der Waals surface area contributed by atoms with Gasteiger partial charge in [-0.15, -0.1) is 0 Å². The highest BCUT2D eigenvalue weighted by Crippen LogP contribution is 2.18. The number of rotatable bonds is 5. The number of nitrogens with one attached hydrogen (secondary N) is 1. The van der Waals surface area contributed by atoms with Crippen molar-refractivity contribution in [1.29, 1.82) is 0 Å². The summed E-state index contributed by atoms with van der Waals surface area (Å²) in [5, 5.41) is 12.0. The first-order valence-electron chi connectivity index (χ1n) is 4.87. The minimum atomic E-state index is 0.188. The Kier molecular flexibility index (Phi) is 5.15. The Labute approximate surface area is 93.5 Å². The van der Waals surface area contributed by atoms with Crippen LogP contribution in [0.25, 0.3) is 0 Å². The van der Waals surface area contributed by atoms with E-state index in [0.29, 0.717) is 12.6 Å². The molecule has 0 fully saturated rings. The molecular weight excluding hydrogens is 242 g/mol. The standard InChI is InChI=1S/C11H16BrNO/c1-2-11(13-7-8-14)9-3-5-10(12)6-4-9/h3-6,11,13-14H,2,7-8H2,1H3/t11-/m0/s1. The van der Waals surface area contributed by atoms with Crippen molar-refractivity contribution in [3.8, 4) is 0 Å². The van der Waals surface area contributed by atoms with Crippen molar-refractivity contribution in [3.05, 3.63) is 34.3 Å². The predicted octanol–water partition coefficient (Wildman–Crippen LogP) is 2.48. The second-order valence-electron chi connectivity index (χ2n) is 3.19. The number of hydrogen-bond donors (Lipinski definition) is 2. The van der Waals surface area contributed by atoms with Gasteiger partial charge in [0.25, 0.3) is 0 Å². The maximum atomic E-state index is 8.73. The molecule has 0 unspecified atom stereocenters. The lowest BCUT2D eigenvalue weighted by molar-refractivity contribution is 0.283. The summed E-state index contributed by atoms with van der Waals surface area (Å²) in [4.78, 5) is 0. The van der Waals surface area contributed by atoms with Gasteiger partial charge in [-0.2, -0.15) is 0 Å². The lowest BCUT2D eigenvalue weighted by atomic mass is 10.1. The predicted molar refractivity (Wildman–Crippen MR) is 62.3 cm³/mol. The van der Waals surface area contributed by atoms with E-state index >= 15 is 0 Å². The molecule has 1 rings (SSSR count). The molecule has 0 heterocycles. The number of hydrogen-bond acceptors (Lipinski definition) is 2. The average Bonchev–Trinajstić information content (AvgIpc) is 2.21. The van der Waals surface area contributed by atoms with E-state index in [1.54, 1.807) is 0 Å². The van der Waals surface area contributed by atoms with Crippen LogP contribution in [0.1, 0.15) is 24.9 Å². The van der Waals surface area contributed by atoms with E-state index in [1.165, 1.54) is 5.56 Å². The van der Waals surface area contributed by atoms with Gasteiger partial charge in [-0.25, -0.2) is 0 Å². The van der Waals surface area contributed by atoms with Crippen molar-refractivity contribution in [1.82, 2.24) is 5.32 Å². The molecule has 0 radical (unpaired) electrons. The largest absolute Gasteiger partial charge is 0.395 e. The summed E-state index contributed by atoms with van der Waals surface area (Å²) in [7, 11) is 0. The molecule has 0 aliphatic heterocycles. The topological polar surface area (TPSA) is 32.3 Å². The normalized spacial score (nSPS) is 12.8. The Morgan fingerprint density at radius 1 is 1.36 bits per heavy atom. The second kappa shape index (κ2) is 6.17. The van der Waals surface area contributed by atoms with Crippen LogP contribution < -0.4 is 5.32 Å². The van der Waals surface area contributed by atoms with Crippen molar-refractivity contribution in [2.75, 3.05) is 13.2 Å². The monoisotopic (exact) mass is 257 g/mol. The van der Waals surface area contributed by atoms with Crippen LogP contribution in [-0.4, -0.2) is 18.3 Å². The lowest BCUT2D eigenvalue weighted by Crippen LogP contribution is -2.23. The van der Waals surface area contributed by atoms with Crippen LogP contribution in [0.4, 0.5) is 0 Å². The summed E-state index contributed by atoms with van der Waals surface area (Å²) < 4.78 is 1.10. The quantitative estimate of drug-likeness (QED) is 0.850. The third-order valence-corrected chi connectivity index (χ3v) is 2.71. The van der Waals surface area contributed by atoms with Crippen LogP contribution in [0, 0.1) is 0 Å². The zero-order valence-electron chi connectivity index (χ0n) is 8.33. The first kappa shape index (κ1) is 11.7. The van der Waals surface area contributed by atoms with Crippen molar-refractivity contribution < 1.29 is 5.11 Å². The molecule has 0 spiro atoms. The van der Waals surface area contributed by atoms with Gasteiger partial charge in [-0.05, 0) is 24.1 Å². The van der Waals surface area contributed by atoms with Crippen LogP contribution in [0.3, 0.4) is 0 Å². The molecule has 0 saturated carbocycles. The van der Waals surface area contributed by atoms with E-state index in [1.807, 2.05) is 12.1 Å². The van der Waals surface area contributed by atoms with E-state index in [0.717, 1.165) is 10.9 Å². The molecule has 14 heavy (non-hydrogen) atoms. The Morgan fingerprint density at radius 3 is 2.50 bits per heavy atom. The summed E-state index contributed by atoms with van der Waals surface area (Å²) >= 11 is 3.41. The van der Waals surface area contributed by atoms with E-state index in [9.17, 15) is 0 Å². The molecule has 0 amide bonds. The van der Waals surface area contributed by atoms with Crippen LogP contribution in [0.2, 0.25) is 0 Å². The maximum absolute atomic E-state index is 8.73. The molecule has 78 valence electrons. The summed E-state index contributed by atoms with van der Waals surface area (Å²) in [6.45, 7) is 2.97. The van der Waals surface area contributed by atoms with Gasteiger partial charge in [0.05, 0.1) is 6.61 Å². The Morgan fingerprint density at radius 2 is 2.00 bits per heavy atom. The molecule has 2 N–H and O–H groups in total. The first-order chi connectivity index (χ1) is 6.77. The first-order valence-corrected chi connectivity index (χ1v) is 5.67. The molecule has 0 aromatic heterocycles. The zero-order chi connectivity index (χ0) is 10.4. The molecule has 1 atom stereocenters. The third kappa shape index (κ3) is 3.40. The van der Waals surface area contributed by atoms with Crippen molar-refractivity contribution >= 4 is 15.9 Å². The smallest absolute Gasteiger partial charge is 0.0556 e. The van der Waals surface area contributed by atoms with Crippen molar-refractivity contribution in [2.45, 2.75) is 19.4 Å². The highest BCUT2D eigenvalue weighted by atomic mass is 79.9. The van der Waals surface area contributed by atoms with E-state index in [2.05, 4.69) is 40.3 Å². The second-order valence-corrected chi connectivity index (χ2v) is 4.11. The van der Waals surface area contributed by atoms with E-state index in [4.69, 9.17) is 5.11 Å². The Hall–Kier alpha value is -0.380. The van der Waals surface area contributed by atoms with E-state index < -0.39 is 0 Å². The van der Waals surface area contributed by atoms with Gasteiger partial charge in [-0.1, -0.05) is 35.0 Å². The zero-order valence-corrected chi connectivity index (χ0v) is 9.92. The molecule has 1 aromatic carbocycles. The summed E-state index contributed by atoms with van der Waals surface area (Å²) in [5.41, 5.74) is 1.27. The summed E-state index contributed by atoms with van der Waals surface area (Å²) in [5.74, 6) is 0.